The lowest BCUT2D eigenvalue weighted by Gasteiger charge is -2.01. The average molecular weight is 543 g/mol. The predicted octanol–water partition coefficient (Wildman–Crippen LogP) is 7.77. The lowest BCUT2D eigenvalue weighted by molar-refractivity contribution is 0.162. The van der Waals surface area contributed by atoms with Crippen molar-refractivity contribution in [3.05, 3.63) is 78.9 Å². The molecule has 0 aliphatic carbocycles. The molecule has 3 N–H and O–H groups in total. The average Bonchev–Trinajstić information content (AvgIpc) is 2.95. The van der Waals surface area contributed by atoms with E-state index in [4.69, 9.17) is 19.5 Å². The Morgan fingerprint density at radius 2 is 0.833 bits per heavy atom. The summed E-state index contributed by atoms with van der Waals surface area (Å²) in [5, 5.41) is 15.2. The van der Waals surface area contributed by atoms with Gasteiger partial charge in [0.1, 0.15) is 0 Å². The minimum atomic E-state index is -4.23. The first-order chi connectivity index (χ1) is 17.4. The van der Waals surface area contributed by atoms with E-state index in [0.717, 1.165) is 26.1 Å². The Bertz CT molecular complexity index is 359. The van der Waals surface area contributed by atoms with Gasteiger partial charge in [0, 0.05) is 13.2 Å². The SMILES string of the molecule is C=C.C=C.C=C.C=C.C=C.C=C.CCCCCCCCCCOS(=O)(=O)O.CCOCC.OCCO. The molecule has 0 aromatic carbocycles. The second-order valence-electron chi connectivity index (χ2n) is 4.95. The van der Waals surface area contributed by atoms with Crippen molar-refractivity contribution in [2.45, 2.75) is 72.1 Å². The van der Waals surface area contributed by atoms with Gasteiger partial charge in [0.2, 0.25) is 0 Å². The van der Waals surface area contributed by atoms with E-state index in [-0.39, 0.29) is 19.8 Å². The van der Waals surface area contributed by atoms with Gasteiger partial charge in [0.05, 0.1) is 19.8 Å². The lowest BCUT2D eigenvalue weighted by atomic mass is 10.1. The van der Waals surface area contributed by atoms with E-state index in [1.807, 2.05) is 13.8 Å². The summed E-state index contributed by atoms with van der Waals surface area (Å²) >= 11 is 0. The number of ether oxygens (including phenoxy) is 1. The predicted molar refractivity (Wildman–Crippen MR) is 164 cm³/mol. The van der Waals surface area contributed by atoms with E-state index in [1.54, 1.807) is 0 Å². The fourth-order valence-corrected chi connectivity index (χ4v) is 1.93. The molecule has 0 spiro atoms. The third-order valence-corrected chi connectivity index (χ3v) is 3.20. The molecule has 7 nitrogen and oxygen atoms in total. The standard InChI is InChI=1S/C10H22O4S.C4H10O.C2H6O2.6C2H4/c1-2-3-4-5-6-7-8-9-10-14-15(11,12)13;1-3-5-4-2;3-1-2-4;6*1-2/h2-10H2,1H3,(H,11,12,13);3-4H2,1-2H3;3-4H,1-2H2;6*1-2H2. The molecule has 0 atom stereocenters. The summed E-state index contributed by atoms with van der Waals surface area (Å²) in [5.41, 5.74) is 0. The smallest absolute Gasteiger partial charge is 0.394 e. The zero-order valence-electron chi connectivity index (χ0n) is 24.1. The third-order valence-electron chi connectivity index (χ3n) is 2.74. The van der Waals surface area contributed by atoms with Crippen molar-refractivity contribution in [3.8, 4) is 0 Å². The number of unbranched alkanes of at least 4 members (excludes halogenated alkanes) is 7. The summed E-state index contributed by atoms with van der Waals surface area (Å²) in [6.07, 6.45) is 9.05. The Labute approximate surface area is 226 Å². The quantitative estimate of drug-likeness (QED) is 0.124. The molecule has 0 rings (SSSR count). The highest BCUT2D eigenvalue weighted by molar-refractivity contribution is 7.80. The normalized spacial score (nSPS) is 7.61. The lowest BCUT2D eigenvalue weighted by Crippen LogP contribution is -2.04. The molecule has 222 valence electrons. The molecule has 0 aromatic heterocycles. The van der Waals surface area contributed by atoms with Crippen molar-refractivity contribution in [2.75, 3.05) is 33.0 Å². The number of aliphatic hydroxyl groups is 2. The van der Waals surface area contributed by atoms with Crippen molar-refractivity contribution in [1.29, 1.82) is 0 Å². The number of aliphatic hydroxyl groups excluding tert-OH is 2. The molecular formula is C28H62O7S. The van der Waals surface area contributed by atoms with Gasteiger partial charge in [-0.25, -0.2) is 4.18 Å². The molecule has 0 aliphatic heterocycles. The second kappa shape index (κ2) is 93.4. The third kappa shape index (κ3) is 180. The summed E-state index contributed by atoms with van der Waals surface area (Å²) in [4.78, 5) is 0. The molecule has 0 fully saturated rings. The highest BCUT2D eigenvalue weighted by Crippen LogP contribution is 2.08. The minimum absolute atomic E-state index is 0.0911. The summed E-state index contributed by atoms with van der Waals surface area (Å²) in [6.45, 7) is 43.7. The van der Waals surface area contributed by atoms with Crippen molar-refractivity contribution >= 4 is 10.4 Å². The zero-order valence-corrected chi connectivity index (χ0v) is 24.9. The van der Waals surface area contributed by atoms with Gasteiger partial charge >= 0.3 is 10.4 Å². The van der Waals surface area contributed by atoms with Crippen LogP contribution in [0.15, 0.2) is 78.9 Å². The molecule has 8 heteroatoms. The van der Waals surface area contributed by atoms with Crippen LogP contribution >= 0.6 is 0 Å². The van der Waals surface area contributed by atoms with Gasteiger partial charge in [-0.05, 0) is 20.3 Å². The molecule has 0 bridgehead atoms. The van der Waals surface area contributed by atoms with Crippen LogP contribution < -0.4 is 0 Å². The zero-order chi connectivity index (χ0) is 31.1. The molecule has 0 amide bonds. The summed E-state index contributed by atoms with van der Waals surface area (Å²) in [7, 11) is -4.23. The van der Waals surface area contributed by atoms with Crippen LogP contribution in [-0.4, -0.2) is 56.2 Å². The van der Waals surface area contributed by atoms with Gasteiger partial charge in [-0.3, -0.25) is 4.55 Å². The van der Waals surface area contributed by atoms with Gasteiger partial charge in [0.15, 0.2) is 0 Å². The maximum Gasteiger partial charge on any atom is 0.397 e. The molecule has 0 unspecified atom stereocenters. The van der Waals surface area contributed by atoms with E-state index >= 15 is 0 Å². The molecule has 36 heavy (non-hydrogen) atoms. The Hall–Kier alpha value is -1.81. The van der Waals surface area contributed by atoms with Gasteiger partial charge in [-0.15, -0.1) is 78.9 Å². The van der Waals surface area contributed by atoms with Crippen LogP contribution in [0.3, 0.4) is 0 Å². The second-order valence-corrected chi connectivity index (χ2v) is 6.04. The van der Waals surface area contributed by atoms with Crippen LogP contribution in [0.2, 0.25) is 0 Å². The molecule has 0 aliphatic rings. The fraction of sp³-hybridized carbons (Fsp3) is 0.571. The molecular weight excluding hydrogens is 480 g/mol. The molecule has 0 saturated carbocycles. The Morgan fingerprint density at radius 1 is 0.556 bits per heavy atom. The van der Waals surface area contributed by atoms with Crippen LogP contribution in [0.25, 0.3) is 0 Å². The fourth-order valence-electron chi connectivity index (χ4n) is 1.60. The Morgan fingerprint density at radius 3 is 1.03 bits per heavy atom. The summed E-state index contributed by atoms with van der Waals surface area (Å²) < 4.78 is 37.6. The van der Waals surface area contributed by atoms with E-state index in [2.05, 4.69) is 90.1 Å². The van der Waals surface area contributed by atoms with E-state index in [0.29, 0.717) is 6.42 Å². The van der Waals surface area contributed by atoms with Gasteiger partial charge in [0.25, 0.3) is 0 Å². The first-order valence-electron chi connectivity index (χ1n) is 11.8. The summed E-state index contributed by atoms with van der Waals surface area (Å²) in [6, 6.07) is 0. The number of hydrogen-bond acceptors (Lipinski definition) is 6. The van der Waals surface area contributed by atoms with E-state index in [1.165, 1.54) is 32.1 Å². The molecule has 0 heterocycles. The highest BCUT2D eigenvalue weighted by atomic mass is 32.3. The molecule has 0 saturated heterocycles. The maximum absolute atomic E-state index is 10.2. The van der Waals surface area contributed by atoms with Crippen LogP contribution in [0.5, 0.6) is 0 Å². The monoisotopic (exact) mass is 542 g/mol. The van der Waals surface area contributed by atoms with Crippen molar-refractivity contribution in [3.63, 3.8) is 0 Å². The highest BCUT2D eigenvalue weighted by Gasteiger charge is 2.02. The van der Waals surface area contributed by atoms with Crippen LogP contribution in [-0.2, 0) is 19.3 Å². The first-order valence-corrected chi connectivity index (χ1v) is 13.2. The van der Waals surface area contributed by atoms with E-state index < -0.39 is 10.4 Å². The Balaban J connectivity index is -0.0000000411. The summed E-state index contributed by atoms with van der Waals surface area (Å²) in [5.74, 6) is 0. The largest absolute Gasteiger partial charge is 0.397 e. The van der Waals surface area contributed by atoms with Gasteiger partial charge in [-0.2, -0.15) is 8.42 Å². The topological polar surface area (TPSA) is 113 Å². The Kier molecular flexibility index (Phi) is 154. The van der Waals surface area contributed by atoms with Gasteiger partial charge < -0.3 is 14.9 Å². The molecule has 0 aromatic rings. The van der Waals surface area contributed by atoms with Crippen LogP contribution in [0.1, 0.15) is 72.1 Å². The minimum Gasteiger partial charge on any atom is -0.394 e. The molecule has 0 radical (unpaired) electrons. The van der Waals surface area contributed by atoms with E-state index in [9.17, 15) is 8.42 Å². The first kappa shape index (κ1) is 59.4. The van der Waals surface area contributed by atoms with Crippen LogP contribution in [0.4, 0.5) is 0 Å². The van der Waals surface area contributed by atoms with Crippen molar-refractivity contribution in [1.82, 2.24) is 0 Å². The maximum atomic E-state index is 10.2. The number of rotatable bonds is 13. The van der Waals surface area contributed by atoms with Crippen molar-refractivity contribution < 1.29 is 32.1 Å². The number of hydrogen-bond donors (Lipinski definition) is 3. The van der Waals surface area contributed by atoms with Crippen molar-refractivity contribution in [2.24, 2.45) is 0 Å². The van der Waals surface area contributed by atoms with Crippen LogP contribution in [0, 0.1) is 0 Å². The van der Waals surface area contributed by atoms with Gasteiger partial charge in [-0.1, -0.05) is 51.9 Å².